The van der Waals surface area contributed by atoms with Gasteiger partial charge in [0.25, 0.3) is 0 Å². The van der Waals surface area contributed by atoms with Crippen LogP contribution in [0.3, 0.4) is 0 Å². The molecular formula is C16H29NO. The van der Waals surface area contributed by atoms with Gasteiger partial charge in [0.1, 0.15) is 0 Å². The van der Waals surface area contributed by atoms with E-state index in [1.807, 2.05) is 0 Å². The molecular weight excluding hydrogens is 222 g/mol. The Kier molecular flexibility index (Phi) is 3.95. The molecule has 0 aromatic carbocycles. The minimum absolute atomic E-state index is 0.00935. The Bertz CT molecular complexity index is 260. The van der Waals surface area contributed by atoms with Gasteiger partial charge in [-0.05, 0) is 51.0 Å². The maximum Gasteiger partial charge on any atom is 0.0572 e. The molecule has 3 unspecified atom stereocenters. The van der Waals surface area contributed by atoms with Gasteiger partial charge in [-0.2, -0.15) is 0 Å². The molecule has 2 bridgehead atoms. The highest BCUT2D eigenvalue weighted by Crippen LogP contribution is 2.40. The van der Waals surface area contributed by atoms with Crippen molar-refractivity contribution in [3.63, 3.8) is 0 Å². The molecule has 3 aliphatic rings. The van der Waals surface area contributed by atoms with Crippen molar-refractivity contribution in [3.05, 3.63) is 0 Å². The van der Waals surface area contributed by atoms with Gasteiger partial charge >= 0.3 is 0 Å². The second kappa shape index (κ2) is 5.50. The molecule has 18 heavy (non-hydrogen) atoms. The van der Waals surface area contributed by atoms with E-state index in [1.165, 1.54) is 57.8 Å². The van der Waals surface area contributed by atoms with Crippen molar-refractivity contribution < 1.29 is 5.11 Å². The van der Waals surface area contributed by atoms with Crippen molar-refractivity contribution in [1.82, 2.24) is 4.90 Å². The number of fused-ring (bicyclic) bond motifs is 2. The summed E-state index contributed by atoms with van der Waals surface area (Å²) in [5.74, 6) is 1.42. The zero-order valence-electron chi connectivity index (χ0n) is 11.9. The predicted octanol–water partition coefficient (Wildman–Crippen LogP) is 3.19. The van der Waals surface area contributed by atoms with E-state index in [1.54, 1.807) is 0 Å². The molecule has 2 heterocycles. The molecule has 2 saturated heterocycles. The van der Waals surface area contributed by atoms with E-state index in [9.17, 15) is 5.11 Å². The lowest BCUT2D eigenvalue weighted by molar-refractivity contribution is 0.0192. The first-order valence-corrected chi connectivity index (χ1v) is 8.14. The summed E-state index contributed by atoms with van der Waals surface area (Å²) in [7, 11) is 2.28. The van der Waals surface area contributed by atoms with Crippen molar-refractivity contribution in [1.29, 1.82) is 0 Å². The van der Waals surface area contributed by atoms with Gasteiger partial charge in [0, 0.05) is 12.1 Å². The lowest BCUT2D eigenvalue weighted by Gasteiger charge is -2.39. The zero-order valence-corrected chi connectivity index (χ0v) is 11.9. The Balaban J connectivity index is 1.52. The second-order valence-electron chi connectivity index (χ2n) is 7.09. The van der Waals surface area contributed by atoms with E-state index >= 15 is 0 Å². The maximum absolute atomic E-state index is 10.6. The number of aliphatic hydroxyl groups is 1. The SMILES string of the molecule is CN1C2CCC1CC(C(O)CC1CCCCC1)C2. The van der Waals surface area contributed by atoms with Crippen LogP contribution in [0.25, 0.3) is 0 Å². The van der Waals surface area contributed by atoms with Crippen LogP contribution in [0, 0.1) is 11.8 Å². The summed E-state index contributed by atoms with van der Waals surface area (Å²) in [6, 6.07) is 1.55. The van der Waals surface area contributed by atoms with E-state index in [0.717, 1.165) is 24.4 Å². The molecule has 0 aromatic rings. The summed E-state index contributed by atoms with van der Waals surface area (Å²) < 4.78 is 0. The van der Waals surface area contributed by atoms with Gasteiger partial charge in [-0.25, -0.2) is 0 Å². The third-order valence-corrected chi connectivity index (χ3v) is 5.98. The third-order valence-electron chi connectivity index (χ3n) is 5.98. The molecule has 2 heteroatoms. The van der Waals surface area contributed by atoms with Crippen LogP contribution in [0.15, 0.2) is 0 Å². The van der Waals surface area contributed by atoms with Crippen LogP contribution in [0.5, 0.6) is 0 Å². The molecule has 2 nitrogen and oxygen atoms in total. The van der Waals surface area contributed by atoms with Gasteiger partial charge in [-0.15, -0.1) is 0 Å². The van der Waals surface area contributed by atoms with Crippen LogP contribution in [0.1, 0.15) is 64.2 Å². The van der Waals surface area contributed by atoms with Gasteiger partial charge in [-0.3, -0.25) is 0 Å². The van der Waals surface area contributed by atoms with Gasteiger partial charge in [0.05, 0.1) is 6.10 Å². The molecule has 3 fully saturated rings. The molecule has 0 aromatic heterocycles. The van der Waals surface area contributed by atoms with Crippen LogP contribution in [0.4, 0.5) is 0 Å². The summed E-state index contributed by atoms with van der Waals surface area (Å²) >= 11 is 0. The number of piperidine rings is 1. The predicted molar refractivity (Wildman–Crippen MR) is 74.5 cm³/mol. The highest BCUT2D eigenvalue weighted by Gasteiger charge is 2.40. The minimum atomic E-state index is -0.00935. The second-order valence-corrected chi connectivity index (χ2v) is 7.09. The number of hydrogen-bond donors (Lipinski definition) is 1. The summed E-state index contributed by atoms with van der Waals surface area (Å²) in [5.41, 5.74) is 0. The number of rotatable bonds is 3. The topological polar surface area (TPSA) is 23.5 Å². The van der Waals surface area contributed by atoms with Crippen molar-refractivity contribution in [2.24, 2.45) is 11.8 Å². The zero-order chi connectivity index (χ0) is 12.5. The molecule has 104 valence electrons. The fourth-order valence-corrected chi connectivity index (χ4v) is 4.72. The monoisotopic (exact) mass is 251 g/mol. The summed E-state index contributed by atoms with van der Waals surface area (Å²) in [6.45, 7) is 0. The first-order chi connectivity index (χ1) is 8.74. The Hall–Kier alpha value is -0.0800. The smallest absolute Gasteiger partial charge is 0.0572 e. The normalized spacial score (nSPS) is 40.0. The standard InChI is InChI=1S/C16H29NO/c1-17-14-7-8-15(17)11-13(10-14)16(18)9-12-5-3-2-4-6-12/h12-16,18H,2-11H2,1H3. The van der Waals surface area contributed by atoms with Crippen LogP contribution < -0.4 is 0 Å². The van der Waals surface area contributed by atoms with Gasteiger partial charge in [-0.1, -0.05) is 32.1 Å². The number of nitrogens with zero attached hydrogens (tertiary/aromatic N) is 1. The first-order valence-electron chi connectivity index (χ1n) is 8.14. The Morgan fingerprint density at radius 2 is 1.61 bits per heavy atom. The minimum Gasteiger partial charge on any atom is -0.393 e. The molecule has 1 N–H and O–H groups in total. The Morgan fingerprint density at radius 3 is 2.22 bits per heavy atom. The average molecular weight is 251 g/mol. The van der Waals surface area contributed by atoms with Gasteiger partial charge in [0.15, 0.2) is 0 Å². The summed E-state index contributed by atoms with van der Waals surface area (Å²) in [5, 5.41) is 10.6. The fraction of sp³-hybridized carbons (Fsp3) is 1.00. The lowest BCUT2D eigenvalue weighted by atomic mass is 9.79. The third kappa shape index (κ3) is 2.60. The summed E-state index contributed by atoms with van der Waals surface area (Å²) in [4.78, 5) is 2.57. The van der Waals surface area contributed by atoms with E-state index < -0.39 is 0 Å². The molecule has 0 amide bonds. The molecule has 0 radical (unpaired) electrons. The van der Waals surface area contributed by atoms with Crippen LogP contribution >= 0.6 is 0 Å². The van der Waals surface area contributed by atoms with Crippen molar-refractivity contribution >= 4 is 0 Å². The Labute approximate surface area is 112 Å². The van der Waals surface area contributed by atoms with E-state index in [0.29, 0.717) is 5.92 Å². The summed E-state index contributed by atoms with van der Waals surface area (Å²) in [6.07, 6.45) is 13.3. The van der Waals surface area contributed by atoms with Crippen LogP contribution in [-0.4, -0.2) is 35.2 Å². The average Bonchev–Trinajstić information content (AvgIpc) is 2.63. The molecule has 3 rings (SSSR count). The van der Waals surface area contributed by atoms with E-state index in [2.05, 4.69) is 11.9 Å². The fourth-order valence-electron chi connectivity index (χ4n) is 4.72. The van der Waals surface area contributed by atoms with Crippen LogP contribution in [-0.2, 0) is 0 Å². The van der Waals surface area contributed by atoms with Crippen molar-refractivity contribution in [2.75, 3.05) is 7.05 Å². The van der Waals surface area contributed by atoms with Crippen LogP contribution in [0.2, 0.25) is 0 Å². The number of aliphatic hydroxyl groups excluding tert-OH is 1. The highest BCUT2D eigenvalue weighted by molar-refractivity contribution is 4.95. The quantitative estimate of drug-likeness (QED) is 0.832. The maximum atomic E-state index is 10.6. The van der Waals surface area contributed by atoms with E-state index in [4.69, 9.17) is 0 Å². The van der Waals surface area contributed by atoms with Gasteiger partial charge < -0.3 is 10.0 Å². The molecule has 0 spiro atoms. The Morgan fingerprint density at radius 1 is 1.00 bits per heavy atom. The highest BCUT2D eigenvalue weighted by atomic mass is 16.3. The molecule has 1 saturated carbocycles. The van der Waals surface area contributed by atoms with Crippen molar-refractivity contribution in [3.8, 4) is 0 Å². The molecule has 1 aliphatic carbocycles. The van der Waals surface area contributed by atoms with Crippen molar-refractivity contribution in [2.45, 2.75) is 82.4 Å². The largest absolute Gasteiger partial charge is 0.393 e. The van der Waals surface area contributed by atoms with E-state index in [-0.39, 0.29) is 6.10 Å². The first kappa shape index (κ1) is 12.9. The lowest BCUT2D eigenvalue weighted by Crippen LogP contribution is -2.43. The van der Waals surface area contributed by atoms with Gasteiger partial charge in [0.2, 0.25) is 0 Å². The molecule has 3 atom stereocenters. The molecule has 2 aliphatic heterocycles. The number of hydrogen-bond acceptors (Lipinski definition) is 2.